The fourth-order valence-electron chi connectivity index (χ4n) is 3.39. The molecule has 1 aliphatic rings. The SMILES string of the molecule is Cc1cc(C)cc(-c2cc(C3=CCCC=C3)nc(-c3ccccc3)n2)c1. The van der Waals surface area contributed by atoms with Crippen LogP contribution in [0.5, 0.6) is 0 Å². The summed E-state index contributed by atoms with van der Waals surface area (Å²) in [7, 11) is 0. The predicted molar refractivity (Wildman–Crippen MR) is 109 cm³/mol. The third kappa shape index (κ3) is 3.50. The van der Waals surface area contributed by atoms with Crippen LogP contribution >= 0.6 is 0 Å². The van der Waals surface area contributed by atoms with E-state index >= 15 is 0 Å². The average molecular weight is 338 g/mol. The molecule has 0 amide bonds. The Morgan fingerprint density at radius 3 is 2.15 bits per heavy atom. The summed E-state index contributed by atoms with van der Waals surface area (Å²) < 4.78 is 0. The zero-order chi connectivity index (χ0) is 17.9. The smallest absolute Gasteiger partial charge is 0.160 e. The van der Waals surface area contributed by atoms with E-state index in [1.54, 1.807) is 0 Å². The maximum atomic E-state index is 4.89. The van der Waals surface area contributed by atoms with Crippen LogP contribution in [0, 0.1) is 13.8 Å². The van der Waals surface area contributed by atoms with Crippen molar-refractivity contribution in [3.63, 3.8) is 0 Å². The van der Waals surface area contributed by atoms with Crippen molar-refractivity contribution in [2.24, 2.45) is 0 Å². The van der Waals surface area contributed by atoms with Crippen molar-refractivity contribution in [1.29, 1.82) is 0 Å². The van der Waals surface area contributed by atoms with Gasteiger partial charge in [-0.1, -0.05) is 65.8 Å². The first-order valence-corrected chi connectivity index (χ1v) is 9.09. The van der Waals surface area contributed by atoms with Gasteiger partial charge in [-0.25, -0.2) is 9.97 Å². The molecular weight excluding hydrogens is 316 g/mol. The fourth-order valence-corrected chi connectivity index (χ4v) is 3.39. The van der Waals surface area contributed by atoms with Gasteiger partial charge in [0.2, 0.25) is 0 Å². The Hall–Kier alpha value is -3.00. The number of hydrogen-bond acceptors (Lipinski definition) is 2. The van der Waals surface area contributed by atoms with E-state index < -0.39 is 0 Å². The van der Waals surface area contributed by atoms with Crippen LogP contribution in [0.15, 0.2) is 72.8 Å². The second-order valence-electron chi connectivity index (χ2n) is 6.84. The van der Waals surface area contributed by atoms with Crippen LogP contribution in [0.1, 0.15) is 29.7 Å². The van der Waals surface area contributed by atoms with Gasteiger partial charge in [-0.15, -0.1) is 0 Å². The molecule has 3 aromatic rings. The fraction of sp³-hybridized carbons (Fsp3) is 0.167. The minimum Gasteiger partial charge on any atom is -0.228 e. The highest BCUT2D eigenvalue weighted by atomic mass is 14.9. The molecule has 0 unspecified atom stereocenters. The number of rotatable bonds is 3. The summed E-state index contributed by atoms with van der Waals surface area (Å²) in [5, 5.41) is 0. The molecule has 2 nitrogen and oxygen atoms in total. The van der Waals surface area contributed by atoms with E-state index in [0.29, 0.717) is 0 Å². The van der Waals surface area contributed by atoms with Gasteiger partial charge >= 0.3 is 0 Å². The number of hydrogen-bond donors (Lipinski definition) is 0. The normalized spacial score (nSPS) is 13.5. The van der Waals surface area contributed by atoms with E-state index in [4.69, 9.17) is 9.97 Å². The number of aromatic nitrogens is 2. The van der Waals surface area contributed by atoms with Crippen molar-refractivity contribution in [1.82, 2.24) is 9.97 Å². The highest BCUT2D eigenvalue weighted by molar-refractivity contribution is 5.77. The number of benzene rings is 2. The van der Waals surface area contributed by atoms with Crippen molar-refractivity contribution in [2.75, 3.05) is 0 Å². The van der Waals surface area contributed by atoms with Crippen molar-refractivity contribution in [3.05, 3.63) is 89.6 Å². The molecule has 26 heavy (non-hydrogen) atoms. The summed E-state index contributed by atoms with van der Waals surface area (Å²) in [6.07, 6.45) is 8.82. The van der Waals surface area contributed by atoms with Gasteiger partial charge in [0.05, 0.1) is 11.4 Å². The molecule has 4 rings (SSSR count). The molecule has 0 N–H and O–H groups in total. The molecule has 0 spiro atoms. The van der Waals surface area contributed by atoms with Crippen LogP contribution < -0.4 is 0 Å². The van der Waals surface area contributed by atoms with Crippen LogP contribution in [0.3, 0.4) is 0 Å². The highest BCUT2D eigenvalue weighted by Crippen LogP contribution is 2.28. The Labute approximate surface area is 155 Å². The third-order valence-corrected chi connectivity index (χ3v) is 4.57. The summed E-state index contributed by atoms with van der Waals surface area (Å²) in [5.74, 6) is 0.775. The lowest BCUT2D eigenvalue weighted by molar-refractivity contribution is 1.03. The quantitative estimate of drug-likeness (QED) is 0.571. The van der Waals surface area contributed by atoms with Gasteiger partial charge in [0.15, 0.2) is 5.82 Å². The third-order valence-electron chi connectivity index (χ3n) is 4.57. The molecule has 2 heteroatoms. The summed E-state index contributed by atoms with van der Waals surface area (Å²) in [5.41, 5.74) is 7.83. The lowest BCUT2D eigenvalue weighted by atomic mass is 10.0. The molecule has 0 aliphatic heterocycles. The first-order chi connectivity index (χ1) is 12.7. The molecule has 0 radical (unpaired) electrons. The lowest BCUT2D eigenvalue weighted by Gasteiger charge is -2.12. The molecule has 0 atom stereocenters. The number of aryl methyl sites for hydroxylation is 2. The Morgan fingerprint density at radius 1 is 0.731 bits per heavy atom. The first kappa shape index (κ1) is 16.5. The van der Waals surface area contributed by atoms with Gasteiger partial charge in [0.1, 0.15) is 0 Å². The Morgan fingerprint density at radius 2 is 1.46 bits per heavy atom. The molecule has 0 bridgehead atoms. The zero-order valence-electron chi connectivity index (χ0n) is 15.2. The van der Waals surface area contributed by atoms with Gasteiger partial charge in [-0.2, -0.15) is 0 Å². The van der Waals surface area contributed by atoms with Crippen LogP contribution in [0.25, 0.3) is 28.2 Å². The second kappa shape index (κ2) is 7.09. The van der Waals surface area contributed by atoms with Crippen LogP contribution in [0.2, 0.25) is 0 Å². The van der Waals surface area contributed by atoms with E-state index in [9.17, 15) is 0 Å². The maximum Gasteiger partial charge on any atom is 0.160 e. The summed E-state index contributed by atoms with van der Waals surface area (Å²) in [6, 6.07) is 18.9. The topological polar surface area (TPSA) is 25.8 Å². The van der Waals surface area contributed by atoms with E-state index in [2.05, 4.69) is 68.5 Å². The first-order valence-electron chi connectivity index (χ1n) is 9.09. The van der Waals surface area contributed by atoms with Gasteiger partial charge < -0.3 is 0 Å². The van der Waals surface area contributed by atoms with Crippen molar-refractivity contribution in [2.45, 2.75) is 26.7 Å². The monoisotopic (exact) mass is 338 g/mol. The van der Waals surface area contributed by atoms with Crippen LogP contribution in [0.4, 0.5) is 0 Å². The van der Waals surface area contributed by atoms with Crippen LogP contribution in [-0.2, 0) is 0 Å². The Balaban J connectivity index is 1.90. The Kier molecular flexibility index (Phi) is 4.49. The molecule has 0 fully saturated rings. The zero-order valence-corrected chi connectivity index (χ0v) is 15.2. The molecule has 0 saturated heterocycles. The van der Waals surface area contributed by atoms with E-state index in [1.165, 1.54) is 16.7 Å². The molecule has 2 aromatic carbocycles. The predicted octanol–water partition coefficient (Wildman–Crippen LogP) is 6.16. The minimum atomic E-state index is 0.775. The number of nitrogens with zero attached hydrogens (tertiary/aromatic N) is 2. The van der Waals surface area contributed by atoms with Gasteiger partial charge in [0, 0.05) is 11.1 Å². The van der Waals surface area contributed by atoms with Crippen molar-refractivity contribution >= 4 is 5.57 Å². The highest BCUT2D eigenvalue weighted by Gasteiger charge is 2.12. The summed E-state index contributed by atoms with van der Waals surface area (Å²) in [6.45, 7) is 4.26. The van der Waals surface area contributed by atoms with E-state index in [-0.39, 0.29) is 0 Å². The molecule has 0 saturated carbocycles. The van der Waals surface area contributed by atoms with Gasteiger partial charge in [-0.3, -0.25) is 0 Å². The minimum absolute atomic E-state index is 0.775. The maximum absolute atomic E-state index is 4.89. The Bertz CT molecular complexity index is 978. The number of allylic oxidation sites excluding steroid dienone is 4. The van der Waals surface area contributed by atoms with Crippen molar-refractivity contribution < 1.29 is 0 Å². The molecule has 1 heterocycles. The average Bonchev–Trinajstić information content (AvgIpc) is 2.68. The van der Waals surface area contributed by atoms with Crippen molar-refractivity contribution in [3.8, 4) is 22.6 Å². The largest absolute Gasteiger partial charge is 0.228 e. The molecule has 1 aromatic heterocycles. The molecule has 128 valence electrons. The van der Waals surface area contributed by atoms with Crippen LogP contribution in [-0.4, -0.2) is 9.97 Å². The summed E-state index contributed by atoms with van der Waals surface area (Å²) >= 11 is 0. The standard InChI is InChI=1S/C24H22N2/c1-17-13-18(2)15-21(14-17)23-16-22(19-9-5-3-6-10-19)25-24(26-23)20-11-7-4-8-12-20/h4-5,7-16H,3,6H2,1-2H3. The van der Waals surface area contributed by atoms with E-state index in [1.807, 2.05) is 18.2 Å². The molecule has 1 aliphatic carbocycles. The van der Waals surface area contributed by atoms with Gasteiger partial charge in [0.25, 0.3) is 0 Å². The lowest BCUT2D eigenvalue weighted by Crippen LogP contribution is -1.99. The van der Waals surface area contributed by atoms with E-state index in [0.717, 1.165) is 41.2 Å². The second-order valence-corrected chi connectivity index (χ2v) is 6.84. The molecular formula is C24H22N2. The summed E-state index contributed by atoms with van der Waals surface area (Å²) in [4.78, 5) is 9.76. The van der Waals surface area contributed by atoms with Gasteiger partial charge in [-0.05, 0) is 50.5 Å².